The number of rotatable bonds is 34. The van der Waals surface area contributed by atoms with Crippen LogP contribution in [-0.2, 0) is 19.1 Å². The van der Waals surface area contributed by atoms with Crippen molar-refractivity contribution in [2.75, 3.05) is 6.54 Å². The molecule has 2 unspecified atom stereocenters. The Labute approximate surface area is 305 Å². The third kappa shape index (κ3) is 33.3. The highest BCUT2D eigenvalue weighted by atomic mass is 16.5. The zero-order chi connectivity index (χ0) is 36.8. The molecular formula is C43H72N2O5. The summed E-state index contributed by atoms with van der Waals surface area (Å²) in [5.74, 6) is -1.44. The van der Waals surface area contributed by atoms with E-state index in [2.05, 4.69) is 86.0 Å². The van der Waals surface area contributed by atoms with E-state index < -0.39 is 12.0 Å². The van der Waals surface area contributed by atoms with Crippen LogP contribution in [0.15, 0.2) is 72.9 Å². The predicted octanol–water partition coefficient (Wildman–Crippen LogP) is 10.8. The molecule has 0 aromatic heterocycles. The van der Waals surface area contributed by atoms with Gasteiger partial charge in [0.25, 0.3) is 0 Å². The van der Waals surface area contributed by atoms with Crippen molar-refractivity contribution < 1.29 is 24.2 Å². The lowest BCUT2D eigenvalue weighted by atomic mass is 10.1. The van der Waals surface area contributed by atoms with E-state index in [9.17, 15) is 19.5 Å². The molecule has 0 saturated carbocycles. The molecule has 0 aliphatic heterocycles. The van der Waals surface area contributed by atoms with E-state index >= 15 is 0 Å². The Morgan fingerprint density at radius 1 is 0.620 bits per heavy atom. The number of esters is 1. The maximum Gasteiger partial charge on any atom is 0.326 e. The molecule has 4 N–H and O–H groups in total. The summed E-state index contributed by atoms with van der Waals surface area (Å²) in [6.45, 7) is 4.76. The monoisotopic (exact) mass is 697 g/mol. The van der Waals surface area contributed by atoms with Gasteiger partial charge in [-0.05, 0) is 109 Å². The molecule has 0 aliphatic rings. The van der Waals surface area contributed by atoms with E-state index in [1.807, 2.05) is 6.08 Å². The number of carboxylic acid groups (broad SMARTS) is 1. The summed E-state index contributed by atoms with van der Waals surface area (Å²) in [4.78, 5) is 36.3. The number of hydrogen-bond donors (Lipinski definition) is 3. The number of nitrogens with two attached hydrogens (primary N) is 1. The Kier molecular flexibility index (Phi) is 34.7. The summed E-state index contributed by atoms with van der Waals surface area (Å²) in [6.07, 6.45) is 46.6. The molecule has 284 valence electrons. The number of carbonyl (C=O) groups is 3. The lowest BCUT2D eigenvalue weighted by Crippen LogP contribution is -2.40. The van der Waals surface area contributed by atoms with Crippen LogP contribution in [0, 0.1) is 0 Å². The van der Waals surface area contributed by atoms with Gasteiger partial charge in [0.05, 0.1) is 0 Å². The van der Waals surface area contributed by atoms with Gasteiger partial charge in [-0.25, -0.2) is 4.79 Å². The quantitative estimate of drug-likeness (QED) is 0.0350. The Morgan fingerprint density at radius 2 is 1.16 bits per heavy atom. The molecule has 0 fully saturated rings. The highest BCUT2D eigenvalue weighted by Crippen LogP contribution is 2.14. The number of carboxylic acids is 1. The van der Waals surface area contributed by atoms with Gasteiger partial charge >= 0.3 is 11.9 Å². The van der Waals surface area contributed by atoms with Crippen LogP contribution >= 0.6 is 0 Å². The number of unbranched alkanes of at least 4 members (excludes halogenated alkanes) is 10. The van der Waals surface area contributed by atoms with Gasteiger partial charge in [0.15, 0.2) is 0 Å². The number of aliphatic carboxylic acids is 1. The minimum atomic E-state index is -1.03. The third-order valence-corrected chi connectivity index (χ3v) is 8.24. The molecule has 0 heterocycles. The van der Waals surface area contributed by atoms with Crippen molar-refractivity contribution in [1.29, 1.82) is 0 Å². The van der Waals surface area contributed by atoms with Gasteiger partial charge in [-0.2, -0.15) is 0 Å². The summed E-state index contributed by atoms with van der Waals surface area (Å²) in [6, 6.07) is -0.896. The Balaban J connectivity index is 4.53. The summed E-state index contributed by atoms with van der Waals surface area (Å²) in [5.41, 5.74) is 5.48. The average molecular weight is 697 g/mol. The van der Waals surface area contributed by atoms with Crippen molar-refractivity contribution >= 4 is 17.8 Å². The van der Waals surface area contributed by atoms with Crippen LogP contribution < -0.4 is 11.1 Å². The maximum absolute atomic E-state index is 12.7. The second-order valence-electron chi connectivity index (χ2n) is 13.0. The number of hydrogen-bond acceptors (Lipinski definition) is 5. The zero-order valence-corrected chi connectivity index (χ0v) is 31.7. The molecule has 0 rings (SSSR count). The van der Waals surface area contributed by atoms with Crippen LogP contribution in [0.25, 0.3) is 0 Å². The first-order chi connectivity index (χ1) is 24.4. The minimum Gasteiger partial charge on any atom is -0.480 e. The fraction of sp³-hybridized carbons (Fsp3) is 0.651. The van der Waals surface area contributed by atoms with E-state index in [4.69, 9.17) is 10.5 Å². The van der Waals surface area contributed by atoms with Crippen LogP contribution in [0.3, 0.4) is 0 Å². The Bertz CT molecular complexity index is 1010. The fourth-order valence-corrected chi connectivity index (χ4v) is 5.27. The third-order valence-electron chi connectivity index (χ3n) is 8.24. The molecule has 2 atom stereocenters. The highest BCUT2D eigenvalue weighted by molar-refractivity contribution is 5.83. The Hall–Kier alpha value is -3.19. The van der Waals surface area contributed by atoms with Gasteiger partial charge in [0, 0.05) is 12.8 Å². The summed E-state index contributed by atoms with van der Waals surface area (Å²) in [5, 5.41) is 11.9. The SMILES string of the molecule is CC/C=C\C/C=C\C/C=C\C/C=C\C(CCCCCC(=O)NC(CCCN)C(=O)O)OC(=O)CCCCCCC/C=C\C/C=C\CCCCC. The first kappa shape index (κ1) is 46.8. The van der Waals surface area contributed by atoms with Crippen molar-refractivity contribution in [2.45, 2.75) is 174 Å². The van der Waals surface area contributed by atoms with E-state index in [1.165, 1.54) is 38.5 Å². The van der Waals surface area contributed by atoms with E-state index in [1.54, 1.807) is 0 Å². The van der Waals surface area contributed by atoms with E-state index in [0.29, 0.717) is 38.6 Å². The molecule has 0 aromatic rings. The normalized spacial score (nSPS) is 13.5. The molecule has 1 amide bonds. The Morgan fingerprint density at radius 3 is 1.78 bits per heavy atom. The lowest BCUT2D eigenvalue weighted by molar-refractivity contribution is -0.147. The minimum absolute atomic E-state index is 0.153. The first-order valence-corrected chi connectivity index (χ1v) is 19.8. The van der Waals surface area contributed by atoms with Gasteiger partial charge in [0.1, 0.15) is 12.1 Å². The molecule has 7 nitrogen and oxygen atoms in total. The van der Waals surface area contributed by atoms with Gasteiger partial charge in [-0.3, -0.25) is 9.59 Å². The van der Waals surface area contributed by atoms with Crippen molar-refractivity contribution in [2.24, 2.45) is 5.73 Å². The molecule has 0 aliphatic carbocycles. The number of carbonyl (C=O) groups excluding carboxylic acids is 2. The van der Waals surface area contributed by atoms with Crippen molar-refractivity contribution in [3.63, 3.8) is 0 Å². The van der Waals surface area contributed by atoms with Crippen LogP contribution in [0.4, 0.5) is 0 Å². The van der Waals surface area contributed by atoms with Crippen LogP contribution in [0.2, 0.25) is 0 Å². The van der Waals surface area contributed by atoms with Gasteiger partial charge in [0.2, 0.25) is 5.91 Å². The molecule has 50 heavy (non-hydrogen) atoms. The van der Waals surface area contributed by atoms with Crippen LogP contribution in [0.5, 0.6) is 0 Å². The topological polar surface area (TPSA) is 119 Å². The van der Waals surface area contributed by atoms with Gasteiger partial charge in [-0.1, -0.05) is 119 Å². The van der Waals surface area contributed by atoms with Crippen LogP contribution in [-0.4, -0.2) is 41.6 Å². The lowest BCUT2D eigenvalue weighted by Gasteiger charge is -2.15. The fourth-order valence-electron chi connectivity index (χ4n) is 5.27. The molecular weight excluding hydrogens is 624 g/mol. The predicted molar refractivity (Wildman–Crippen MR) is 211 cm³/mol. The van der Waals surface area contributed by atoms with Crippen LogP contribution in [0.1, 0.15) is 162 Å². The largest absolute Gasteiger partial charge is 0.480 e. The number of amides is 1. The standard InChI is InChI=1S/C43H72N2O5/c1-3-5-7-9-11-13-15-16-17-18-20-22-24-26-31-37-42(47)50-39(33-28-25-23-21-19-14-12-10-8-6-4-2)34-29-27-30-36-41(46)45-40(43(48)49)35-32-38-44/h6,8,11-14,16-17,21,23,28,33,39-40H,3-5,7,9-10,15,18-20,22,24-27,29-32,34-38,44H2,1-2H3,(H,45,46)(H,48,49)/b8-6-,13-11-,14-12-,17-16-,23-21-,33-28-. The van der Waals surface area contributed by atoms with Crippen molar-refractivity contribution in [3.05, 3.63) is 72.9 Å². The van der Waals surface area contributed by atoms with Crippen molar-refractivity contribution in [3.8, 4) is 0 Å². The second-order valence-corrected chi connectivity index (χ2v) is 13.0. The first-order valence-electron chi connectivity index (χ1n) is 19.8. The molecule has 0 spiro atoms. The average Bonchev–Trinajstić information content (AvgIpc) is 3.10. The molecule has 0 aromatic carbocycles. The number of ether oxygens (including phenoxy) is 1. The molecule has 0 bridgehead atoms. The number of nitrogens with one attached hydrogen (secondary N) is 1. The van der Waals surface area contributed by atoms with E-state index in [0.717, 1.165) is 70.6 Å². The van der Waals surface area contributed by atoms with E-state index in [-0.39, 0.29) is 24.4 Å². The number of allylic oxidation sites excluding steroid dienone is 11. The smallest absolute Gasteiger partial charge is 0.326 e. The van der Waals surface area contributed by atoms with Gasteiger partial charge in [-0.15, -0.1) is 0 Å². The highest BCUT2D eigenvalue weighted by Gasteiger charge is 2.19. The van der Waals surface area contributed by atoms with Gasteiger partial charge < -0.3 is 20.9 Å². The summed E-state index contributed by atoms with van der Waals surface area (Å²) in [7, 11) is 0. The summed E-state index contributed by atoms with van der Waals surface area (Å²) < 4.78 is 5.87. The van der Waals surface area contributed by atoms with Crippen molar-refractivity contribution in [1.82, 2.24) is 5.32 Å². The maximum atomic E-state index is 12.7. The summed E-state index contributed by atoms with van der Waals surface area (Å²) >= 11 is 0. The second kappa shape index (κ2) is 37.1. The molecule has 0 radical (unpaired) electrons. The molecule has 0 saturated heterocycles. The molecule has 7 heteroatoms. The zero-order valence-electron chi connectivity index (χ0n) is 31.7.